The summed E-state index contributed by atoms with van der Waals surface area (Å²) in [6, 6.07) is 4.08. The van der Waals surface area contributed by atoms with Crippen LogP contribution in [-0.2, 0) is 11.2 Å². The molecule has 2 aromatic rings. The molecule has 1 saturated heterocycles. The van der Waals surface area contributed by atoms with Crippen molar-refractivity contribution >= 4 is 29.8 Å². The van der Waals surface area contributed by atoms with Crippen LogP contribution in [0.25, 0.3) is 0 Å². The lowest BCUT2D eigenvalue weighted by atomic mass is 9.93. The maximum atomic E-state index is 7.04. The molecule has 4 N–H and O–H groups in total. The Morgan fingerprint density at radius 3 is 2.56 bits per heavy atom. The van der Waals surface area contributed by atoms with Crippen molar-refractivity contribution in [1.82, 2.24) is 15.0 Å². The summed E-state index contributed by atoms with van der Waals surface area (Å²) in [7, 11) is 1.50. The predicted octanol–water partition coefficient (Wildman–Crippen LogP) is 3.24. The van der Waals surface area contributed by atoms with Gasteiger partial charge in [-0.15, -0.1) is 0 Å². The molecule has 1 aliphatic carbocycles. The number of fused-ring (bicyclic) bond motifs is 1. The van der Waals surface area contributed by atoms with Gasteiger partial charge in [0.25, 0.3) is 0 Å². The van der Waals surface area contributed by atoms with Gasteiger partial charge in [-0.1, -0.05) is 24.3 Å². The molecule has 2 aromatic heterocycles. The Morgan fingerprint density at radius 1 is 1.12 bits per heavy atom. The highest BCUT2D eigenvalue weighted by Gasteiger charge is 2.30. The second kappa shape index (κ2) is 12.5. The van der Waals surface area contributed by atoms with E-state index in [1.54, 1.807) is 0 Å². The first kappa shape index (κ1) is 24.1. The Morgan fingerprint density at radius 2 is 1.91 bits per heavy atom. The molecule has 0 aromatic carbocycles. The van der Waals surface area contributed by atoms with Crippen LogP contribution < -0.4 is 15.5 Å². The zero-order valence-corrected chi connectivity index (χ0v) is 19.0. The predicted molar refractivity (Wildman–Crippen MR) is 129 cm³/mol. The molecule has 0 radical (unpaired) electrons. The van der Waals surface area contributed by atoms with Crippen LogP contribution in [0.2, 0.25) is 0 Å². The third kappa shape index (κ3) is 5.64. The van der Waals surface area contributed by atoms with Crippen molar-refractivity contribution in [3.63, 3.8) is 0 Å². The van der Waals surface area contributed by atoms with Crippen LogP contribution in [0.15, 0.2) is 48.8 Å². The number of hydrogen-bond acceptors (Lipinski definition) is 10. The summed E-state index contributed by atoms with van der Waals surface area (Å²) in [6.07, 6.45) is 14.4. The van der Waals surface area contributed by atoms with E-state index in [-0.39, 0.29) is 12.3 Å². The summed E-state index contributed by atoms with van der Waals surface area (Å²) >= 11 is -0.250. The third-order valence-electron chi connectivity index (χ3n) is 5.43. The lowest BCUT2D eigenvalue weighted by Gasteiger charge is -2.29. The number of hydrogen-bond donors (Lipinski definition) is 3. The van der Waals surface area contributed by atoms with E-state index in [1.165, 1.54) is 18.3 Å². The fourth-order valence-electron chi connectivity index (χ4n) is 4.03. The second-order valence-electron chi connectivity index (χ2n) is 7.16. The average Bonchev–Trinajstić information content (AvgIpc) is 3.31. The van der Waals surface area contributed by atoms with E-state index in [0.29, 0.717) is 5.92 Å². The number of ether oxygens (including phenoxy) is 1. The standard InChI is InChI=1S/C21H23N5O.CH5N.H2O2S/c1-2-5-16(6-3-1)19-18-8-10-26(17-7-4-9-22-15-17)20(18)24-21(23-19)25-11-13-27-14-12-25;1-2;1-3-2/h1-5,7,9,15-16H,6,8,10-14H2;2H2,1H3;1-2H. The van der Waals surface area contributed by atoms with Gasteiger partial charge in [0, 0.05) is 37.3 Å². The van der Waals surface area contributed by atoms with Crippen LogP contribution in [0, 0.1) is 0 Å². The molecule has 2 aliphatic heterocycles. The molecule has 10 heteroatoms. The van der Waals surface area contributed by atoms with E-state index in [9.17, 15) is 0 Å². The van der Waals surface area contributed by atoms with Crippen molar-refractivity contribution < 1.29 is 13.8 Å². The van der Waals surface area contributed by atoms with Gasteiger partial charge in [-0.05, 0) is 32.0 Å². The number of nitrogens with two attached hydrogens (primary N) is 1. The number of rotatable bonds is 3. The van der Waals surface area contributed by atoms with Crippen LogP contribution >= 0.6 is 12.3 Å². The minimum atomic E-state index is -0.250. The summed E-state index contributed by atoms with van der Waals surface area (Å²) in [5, 5.41) is 0. The molecular formula is C22H30N6O3S. The first-order chi connectivity index (χ1) is 15.8. The zero-order valence-electron chi connectivity index (χ0n) is 18.2. The molecule has 9 nitrogen and oxygen atoms in total. The van der Waals surface area contributed by atoms with E-state index in [4.69, 9.17) is 23.8 Å². The highest BCUT2D eigenvalue weighted by Crippen LogP contribution is 2.39. The van der Waals surface area contributed by atoms with E-state index in [2.05, 4.69) is 50.9 Å². The molecule has 0 spiro atoms. The molecular weight excluding hydrogens is 428 g/mol. The molecule has 0 saturated carbocycles. The Labute approximate surface area is 193 Å². The minimum Gasteiger partial charge on any atom is -0.378 e. The molecule has 0 amide bonds. The first-order valence-electron chi connectivity index (χ1n) is 10.6. The fraction of sp³-hybridized carbons (Fsp3) is 0.409. The van der Waals surface area contributed by atoms with Crippen molar-refractivity contribution in [3.05, 3.63) is 60.1 Å². The Hall–Kier alpha value is -2.50. The summed E-state index contributed by atoms with van der Waals surface area (Å²) in [5.74, 6) is 2.18. The number of allylic oxidation sites excluding steroid dienone is 4. The molecule has 0 bridgehead atoms. The van der Waals surface area contributed by atoms with Gasteiger partial charge >= 0.3 is 0 Å². The van der Waals surface area contributed by atoms with Gasteiger partial charge in [0.1, 0.15) is 5.82 Å². The van der Waals surface area contributed by atoms with Gasteiger partial charge in [0.2, 0.25) is 5.95 Å². The van der Waals surface area contributed by atoms with Crippen LogP contribution in [-0.4, -0.2) is 64.0 Å². The SMILES string of the molecule is C1=CCC(c2nc(N3CCOCC3)nc3c2CCN3c2cccnc2)C=C1.CN.OSO. The van der Waals surface area contributed by atoms with Crippen LogP contribution in [0.4, 0.5) is 17.5 Å². The highest BCUT2D eigenvalue weighted by atomic mass is 32.2. The topological polar surface area (TPSA) is 121 Å². The van der Waals surface area contributed by atoms with E-state index in [1.807, 2.05) is 18.5 Å². The Kier molecular flexibility index (Phi) is 9.44. The molecule has 1 atom stereocenters. The molecule has 1 fully saturated rings. The number of pyridine rings is 1. The zero-order chi connectivity index (χ0) is 22.8. The number of morpholine rings is 1. The van der Waals surface area contributed by atoms with Gasteiger partial charge in [-0.2, -0.15) is 4.98 Å². The summed E-state index contributed by atoms with van der Waals surface area (Å²) in [6.45, 7) is 4.06. The quantitative estimate of drug-likeness (QED) is 0.591. The molecule has 5 rings (SSSR count). The van der Waals surface area contributed by atoms with Crippen molar-refractivity contribution in [2.24, 2.45) is 5.73 Å². The average molecular weight is 459 g/mol. The summed E-state index contributed by atoms with van der Waals surface area (Å²) in [5.41, 5.74) is 8.04. The Balaban J connectivity index is 0.000000536. The van der Waals surface area contributed by atoms with Gasteiger partial charge in [-0.3, -0.25) is 4.98 Å². The van der Waals surface area contributed by atoms with Crippen molar-refractivity contribution in [3.8, 4) is 0 Å². The maximum absolute atomic E-state index is 7.04. The lowest BCUT2D eigenvalue weighted by molar-refractivity contribution is 0.122. The van der Waals surface area contributed by atoms with Crippen molar-refractivity contribution in [2.75, 3.05) is 49.7 Å². The second-order valence-corrected chi connectivity index (χ2v) is 7.32. The van der Waals surface area contributed by atoms with Gasteiger partial charge in [-0.25, -0.2) is 4.98 Å². The van der Waals surface area contributed by atoms with E-state index in [0.717, 1.165) is 63.1 Å². The minimum absolute atomic E-state index is 0.250. The monoisotopic (exact) mass is 458 g/mol. The molecule has 32 heavy (non-hydrogen) atoms. The molecule has 172 valence electrons. The summed E-state index contributed by atoms with van der Waals surface area (Å²) < 4.78 is 19.6. The van der Waals surface area contributed by atoms with Crippen LogP contribution in [0.5, 0.6) is 0 Å². The largest absolute Gasteiger partial charge is 0.378 e. The van der Waals surface area contributed by atoms with Gasteiger partial charge < -0.3 is 29.4 Å². The highest BCUT2D eigenvalue weighted by molar-refractivity contribution is 7.87. The Bertz CT molecular complexity index is 906. The van der Waals surface area contributed by atoms with Crippen molar-refractivity contribution in [1.29, 1.82) is 0 Å². The first-order valence-corrected chi connectivity index (χ1v) is 11.3. The number of aromatic nitrogens is 3. The lowest BCUT2D eigenvalue weighted by Crippen LogP contribution is -2.37. The van der Waals surface area contributed by atoms with Gasteiger partial charge in [0.15, 0.2) is 12.3 Å². The van der Waals surface area contributed by atoms with Gasteiger partial charge in [0.05, 0.1) is 30.8 Å². The molecule has 4 heterocycles. The third-order valence-corrected chi connectivity index (χ3v) is 5.43. The van der Waals surface area contributed by atoms with E-state index < -0.39 is 0 Å². The maximum Gasteiger partial charge on any atom is 0.227 e. The van der Waals surface area contributed by atoms with Crippen LogP contribution in [0.1, 0.15) is 23.6 Å². The molecule has 3 aliphatic rings. The van der Waals surface area contributed by atoms with Crippen molar-refractivity contribution in [2.45, 2.75) is 18.8 Å². The summed E-state index contributed by atoms with van der Waals surface area (Å²) in [4.78, 5) is 18.9. The molecule has 1 unspecified atom stereocenters. The number of nitrogens with zero attached hydrogens (tertiary/aromatic N) is 5. The van der Waals surface area contributed by atoms with Crippen LogP contribution in [0.3, 0.4) is 0 Å². The van der Waals surface area contributed by atoms with E-state index >= 15 is 0 Å². The normalized spacial score (nSPS) is 18.9. The fourth-order valence-corrected chi connectivity index (χ4v) is 4.03. The smallest absolute Gasteiger partial charge is 0.227 e. The number of anilines is 3.